The highest BCUT2D eigenvalue weighted by atomic mass is 16.1. The zero-order chi connectivity index (χ0) is 11.3. The minimum Gasteiger partial charge on any atom is -0.394 e. The Bertz CT molecular complexity index is 333. The zero-order valence-electron chi connectivity index (χ0n) is 9.08. The molecular weight excluding hydrogens is 194 g/mol. The summed E-state index contributed by atoms with van der Waals surface area (Å²) >= 11 is 0. The Morgan fingerprint density at radius 1 is 1.67 bits per heavy atom. The van der Waals surface area contributed by atoms with Crippen LogP contribution in [0.1, 0.15) is 13.3 Å². The number of nitrogens with zero attached hydrogens (tertiary/aromatic N) is 2. The highest BCUT2D eigenvalue weighted by Gasteiger charge is 2.05. The van der Waals surface area contributed by atoms with Gasteiger partial charge in [-0.3, -0.25) is 9.48 Å². The first-order valence-electron chi connectivity index (χ1n) is 4.93. The topological polar surface area (TPSA) is 85.0 Å². The Hall–Kier alpha value is -1.72. The summed E-state index contributed by atoms with van der Waals surface area (Å²) in [5, 5.41) is 9.69. The van der Waals surface area contributed by atoms with Crippen molar-refractivity contribution in [3.05, 3.63) is 6.20 Å². The number of hydrogen-bond acceptors (Lipinski definition) is 4. The number of carbonyl (C=O) groups is 1. The van der Waals surface area contributed by atoms with Crippen LogP contribution in [0.3, 0.4) is 0 Å². The van der Waals surface area contributed by atoms with Crippen LogP contribution in [0, 0.1) is 0 Å². The SMILES string of the molecule is CCCNC(=O)CNc1nn(C)cc1N. The lowest BCUT2D eigenvalue weighted by Crippen LogP contribution is -2.30. The van der Waals surface area contributed by atoms with Gasteiger partial charge in [-0.2, -0.15) is 5.10 Å². The number of rotatable bonds is 5. The van der Waals surface area contributed by atoms with Crippen LogP contribution in [0.5, 0.6) is 0 Å². The predicted molar refractivity (Wildman–Crippen MR) is 59.4 cm³/mol. The second kappa shape index (κ2) is 5.23. The van der Waals surface area contributed by atoms with Gasteiger partial charge in [0.25, 0.3) is 0 Å². The highest BCUT2D eigenvalue weighted by Crippen LogP contribution is 2.13. The number of carbonyl (C=O) groups excluding carboxylic acids is 1. The molecule has 6 heteroatoms. The van der Waals surface area contributed by atoms with Crippen LogP contribution < -0.4 is 16.4 Å². The molecule has 0 unspecified atom stereocenters. The predicted octanol–water partition coefficient (Wildman–Crippen LogP) is -0.0596. The third-order valence-corrected chi connectivity index (χ3v) is 1.85. The zero-order valence-corrected chi connectivity index (χ0v) is 9.08. The maximum Gasteiger partial charge on any atom is 0.239 e. The van der Waals surface area contributed by atoms with Gasteiger partial charge < -0.3 is 16.4 Å². The number of amides is 1. The first-order chi connectivity index (χ1) is 7.13. The molecule has 1 aromatic rings. The molecule has 15 heavy (non-hydrogen) atoms. The molecule has 0 bridgehead atoms. The molecule has 0 saturated carbocycles. The lowest BCUT2D eigenvalue weighted by atomic mass is 10.4. The van der Waals surface area contributed by atoms with Crippen LogP contribution in [-0.2, 0) is 11.8 Å². The van der Waals surface area contributed by atoms with Crippen LogP contribution in [0.15, 0.2) is 6.20 Å². The molecule has 0 aliphatic heterocycles. The van der Waals surface area contributed by atoms with Gasteiger partial charge in [-0.05, 0) is 6.42 Å². The van der Waals surface area contributed by atoms with Gasteiger partial charge >= 0.3 is 0 Å². The number of nitrogen functional groups attached to an aromatic ring is 1. The van der Waals surface area contributed by atoms with E-state index in [1.807, 2.05) is 6.92 Å². The molecular formula is C9H17N5O. The van der Waals surface area contributed by atoms with Crippen molar-refractivity contribution in [1.82, 2.24) is 15.1 Å². The van der Waals surface area contributed by atoms with Gasteiger partial charge in [0.15, 0.2) is 5.82 Å². The van der Waals surface area contributed by atoms with E-state index in [0.29, 0.717) is 18.1 Å². The van der Waals surface area contributed by atoms with Crippen LogP contribution in [-0.4, -0.2) is 28.8 Å². The van der Waals surface area contributed by atoms with Gasteiger partial charge in [0.05, 0.1) is 12.2 Å². The van der Waals surface area contributed by atoms with E-state index >= 15 is 0 Å². The maximum absolute atomic E-state index is 11.2. The molecule has 6 nitrogen and oxygen atoms in total. The minimum absolute atomic E-state index is 0.0538. The lowest BCUT2D eigenvalue weighted by Gasteiger charge is -2.04. The number of nitrogens with one attached hydrogen (secondary N) is 2. The molecule has 0 aromatic carbocycles. The van der Waals surface area contributed by atoms with E-state index in [0.717, 1.165) is 6.42 Å². The molecule has 1 amide bonds. The quantitative estimate of drug-likeness (QED) is 0.637. The highest BCUT2D eigenvalue weighted by molar-refractivity contribution is 5.81. The molecule has 0 radical (unpaired) electrons. The van der Waals surface area contributed by atoms with Crippen molar-refractivity contribution in [1.29, 1.82) is 0 Å². The molecule has 1 aromatic heterocycles. The molecule has 0 aliphatic rings. The number of aromatic nitrogens is 2. The lowest BCUT2D eigenvalue weighted by molar-refractivity contribution is -0.119. The van der Waals surface area contributed by atoms with Crippen LogP contribution in [0.4, 0.5) is 11.5 Å². The molecule has 0 aliphatic carbocycles. The summed E-state index contributed by atoms with van der Waals surface area (Å²) in [6.45, 7) is 2.89. The van der Waals surface area contributed by atoms with Crippen molar-refractivity contribution >= 4 is 17.4 Å². The standard InChI is InChI=1S/C9H17N5O/c1-3-4-11-8(15)5-12-9-7(10)6-14(2)13-9/h6H,3-5,10H2,1-2H3,(H,11,15)(H,12,13). The van der Waals surface area contributed by atoms with Gasteiger partial charge in [-0.25, -0.2) is 0 Å². The molecule has 0 spiro atoms. The summed E-state index contributed by atoms with van der Waals surface area (Å²) in [6.07, 6.45) is 2.61. The first kappa shape index (κ1) is 11.4. The third kappa shape index (κ3) is 3.49. The molecule has 1 rings (SSSR count). The van der Waals surface area contributed by atoms with Crippen molar-refractivity contribution in [3.63, 3.8) is 0 Å². The Kier molecular flexibility index (Phi) is 3.96. The number of anilines is 2. The molecule has 0 saturated heterocycles. The molecule has 0 atom stereocenters. The maximum atomic E-state index is 11.2. The van der Waals surface area contributed by atoms with Crippen molar-refractivity contribution in [2.75, 3.05) is 24.1 Å². The Balaban J connectivity index is 2.36. The number of aryl methyl sites for hydroxylation is 1. The van der Waals surface area contributed by atoms with Crippen LogP contribution >= 0.6 is 0 Å². The summed E-state index contributed by atoms with van der Waals surface area (Å²) in [5.41, 5.74) is 6.19. The molecule has 84 valence electrons. The largest absolute Gasteiger partial charge is 0.394 e. The van der Waals surface area contributed by atoms with Crippen molar-refractivity contribution < 1.29 is 4.79 Å². The summed E-state index contributed by atoms with van der Waals surface area (Å²) in [7, 11) is 1.78. The summed E-state index contributed by atoms with van der Waals surface area (Å²) in [6, 6.07) is 0. The number of nitrogens with two attached hydrogens (primary N) is 1. The summed E-state index contributed by atoms with van der Waals surface area (Å²) in [5.74, 6) is 0.492. The fraction of sp³-hybridized carbons (Fsp3) is 0.556. The van der Waals surface area contributed by atoms with E-state index in [-0.39, 0.29) is 12.5 Å². The van der Waals surface area contributed by atoms with E-state index in [9.17, 15) is 4.79 Å². The molecule has 0 fully saturated rings. The van der Waals surface area contributed by atoms with E-state index < -0.39 is 0 Å². The Morgan fingerprint density at radius 3 is 2.93 bits per heavy atom. The normalized spacial score (nSPS) is 10.0. The van der Waals surface area contributed by atoms with E-state index in [4.69, 9.17) is 5.73 Å². The van der Waals surface area contributed by atoms with E-state index in [1.54, 1.807) is 17.9 Å². The monoisotopic (exact) mass is 211 g/mol. The smallest absolute Gasteiger partial charge is 0.239 e. The van der Waals surface area contributed by atoms with Crippen LogP contribution in [0.2, 0.25) is 0 Å². The van der Waals surface area contributed by atoms with Crippen LogP contribution in [0.25, 0.3) is 0 Å². The third-order valence-electron chi connectivity index (χ3n) is 1.85. The van der Waals surface area contributed by atoms with Gasteiger partial charge in [0.1, 0.15) is 0 Å². The van der Waals surface area contributed by atoms with Gasteiger partial charge in [0, 0.05) is 19.8 Å². The fourth-order valence-electron chi connectivity index (χ4n) is 1.14. The minimum atomic E-state index is -0.0538. The average molecular weight is 211 g/mol. The van der Waals surface area contributed by atoms with Gasteiger partial charge in [0.2, 0.25) is 5.91 Å². The second-order valence-electron chi connectivity index (χ2n) is 3.31. The first-order valence-corrected chi connectivity index (χ1v) is 4.93. The van der Waals surface area contributed by atoms with Crippen molar-refractivity contribution in [3.8, 4) is 0 Å². The molecule has 1 heterocycles. The van der Waals surface area contributed by atoms with Crippen molar-refractivity contribution in [2.24, 2.45) is 7.05 Å². The summed E-state index contributed by atoms with van der Waals surface area (Å²) in [4.78, 5) is 11.2. The molecule has 4 N–H and O–H groups in total. The van der Waals surface area contributed by atoms with Gasteiger partial charge in [-0.1, -0.05) is 6.92 Å². The second-order valence-corrected chi connectivity index (χ2v) is 3.31. The van der Waals surface area contributed by atoms with Crippen molar-refractivity contribution in [2.45, 2.75) is 13.3 Å². The van der Waals surface area contributed by atoms with Gasteiger partial charge in [-0.15, -0.1) is 0 Å². The summed E-state index contributed by atoms with van der Waals surface area (Å²) < 4.78 is 1.60. The van der Waals surface area contributed by atoms with E-state index in [2.05, 4.69) is 15.7 Å². The Labute approximate surface area is 88.8 Å². The van der Waals surface area contributed by atoms with E-state index in [1.165, 1.54) is 0 Å². The number of hydrogen-bond donors (Lipinski definition) is 3. The average Bonchev–Trinajstić information content (AvgIpc) is 2.51. The Morgan fingerprint density at radius 2 is 2.40 bits per heavy atom. The fourth-order valence-corrected chi connectivity index (χ4v) is 1.14.